The second kappa shape index (κ2) is 7.80. The number of furan rings is 1. The monoisotopic (exact) mass is 328 g/mol. The topological polar surface area (TPSA) is 66.0 Å². The molecule has 25 heavy (non-hydrogen) atoms. The molecule has 1 heterocycles. The van der Waals surface area contributed by atoms with Crippen molar-refractivity contribution in [1.29, 1.82) is 5.26 Å². The third-order valence-corrected chi connectivity index (χ3v) is 3.65. The first kappa shape index (κ1) is 16.3. The summed E-state index contributed by atoms with van der Waals surface area (Å²) in [5.41, 5.74) is 2.90. The predicted molar refractivity (Wildman–Crippen MR) is 97.4 cm³/mol. The molecule has 0 spiro atoms. The molecule has 4 nitrogen and oxygen atoms in total. The zero-order chi connectivity index (χ0) is 17.5. The van der Waals surface area contributed by atoms with Gasteiger partial charge in [-0.25, -0.2) is 0 Å². The number of rotatable bonds is 5. The minimum Gasteiger partial charge on any atom is -0.465 e. The van der Waals surface area contributed by atoms with Gasteiger partial charge in [0.05, 0.1) is 24.3 Å². The van der Waals surface area contributed by atoms with Gasteiger partial charge in [0.2, 0.25) is 0 Å². The van der Waals surface area contributed by atoms with Crippen molar-refractivity contribution in [2.75, 3.05) is 5.32 Å². The number of carbonyl (C=O) groups excluding carboxylic acids is 1. The van der Waals surface area contributed by atoms with E-state index in [1.165, 1.54) is 0 Å². The molecule has 0 aliphatic rings. The number of nitrogens with zero attached hydrogens (tertiary/aromatic N) is 1. The Morgan fingerprint density at radius 2 is 1.80 bits per heavy atom. The average molecular weight is 328 g/mol. The first-order valence-electron chi connectivity index (χ1n) is 7.84. The van der Waals surface area contributed by atoms with E-state index >= 15 is 0 Å². The highest BCUT2D eigenvalue weighted by molar-refractivity contribution is 6.29. The standard InChI is InChI=1S/C21H16N2O2/c22-13-12-16-8-10-18(11-9-16)23-21(24)20(15-19-7-4-14-25-19)17-5-2-1-3-6-17/h1-11,14-15H,12H2,(H,23,24)/b20-15+. The van der Waals surface area contributed by atoms with Gasteiger partial charge in [-0.2, -0.15) is 5.26 Å². The van der Waals surface area contributed by atoms with Crippen LogP contribution in [-0.2, 0) is 11.2 Å². The third kappa shape index (κ3) is 4.24. The van der Waals surface area contributed by atoms with E-state index in [0.717, 1.165) is 11.1 Å². The van der Waals surface area contributed by atoms with Gasteiger partial charge in [-0.15, -0.1) is 0 Å². The highest BCUT2D eigenvalue weighted by Crippen LogP contribution is 2.21. The van der Waals surface area contributed by atoms with Crippen molar-refractivity contribution in [3.63, 3.8) is 0 Å². The van der Waals surface area contributed by atoms with E-state index in [1.807, 2.05) is 42.5 Å². The molecule has 0 fully saturated rings. The van der Waals surface area contributed by atoms with E-state index in [1.54, 1.807) is 36.6 Å². The lowest BCUT2D eigenvalue weighted by molar-refractivity contribution is -0.111. The van der Waals surface area contributed by atoms with Crippen molar-refractivity contribution in [3.8, 4) is 6.07 Å². The lowest BCUT2D eigenvalue weighted by Crippen LogP contribution is -2.13. The minimum absolute atomic E-state index is 0.226. The molecule has 122 valence electrons. The van der Waals surface area contributed by atoms with E-state index in [9.17, 15) is 4.79 Å². The number of carbonyl (C=O) groups is 1. The number of nitriles is 1. The molecule has 3 rings (SSSR count). The van der Waals surface area contributed by atoms with Gasteiger partial charge in [0, 0.05) is 5.69 Å². The van der Waals surface area contributed by atoms with Crippen LogP contribution in [0.4, 0.5) is 5.69 Å². The van der Waals surface area contributed by atoms with Crippen LogP contribution in [0.2, 0.25) is 0 Å². The van der Waals surface area contributed by atoms with Crippen LogP contribution in [0, 0.1) is 11.3 Å². The lowest BCUT2D eigenvalue weighted by atomic mass is 10.0. The van der Waals surface area contributed by atoms with Gasteiger partial charge < -0.3 is 9.73 Å². The third-order valence-electron chi connectivity index (χ3n) is 3.65. The fraction of sp³-hybridized carbons (Fsp3) is 0.0476. The molecule has 2 aromatic carbocycles. The number of nitrogens with one attached hydrogen (secondary N) is 1. The molecule has 4 heteroatoms. The molecule has 1 amide bonds. The molecule has 0 bridgehead atoms. The number of benzene rings is 2. The van der Waals surface area contributed by atoms with E-state index < -0.39 is 0 Å². The maximum Gasteiger partial charge on any atom is 0.256 e. The van der Waals surface area contributed by atoms with Crippen molar-refractivity contribution >= 4 is 23.2 Å². The van der Waals surface area contributed by atoms with Gasteiger partial charge in [-0.05, 0) is 41.5 Å². The van der Waals surface area contributed by atoms with Crippen LogP contribution in [0.15, 0.2) is 77.4 Å². The largest absolute Gasteiger partial charge is 0.465 e. The number of hydrogen-bond donors (Lipinski definition) is 1. The van der Waals surface area contributed by atoms with Crippen molar-refractivity contribution in [1.82, 2.24) is 0 Å². The summed E-state index contributed by atoms with van der Waals surface area (Å²) >= 11 is 0. The van der Waals surface area contributed by atoms with Gasteiger partial charge in [0.15, 0.2) is 0 Å². The summed E-state index contributed by atoms with van der Waals surface area (Å²) in [6.45, 7) is 0. The van der Waals surface area contributed by atoms with Crippen LogP contribution in [0.25, 0.3) is 11.6 Å². The summed E-state index contributed by atoms with van der Waals surface area (Å²) < 4.78 is 5.34. The van der Waals surface area contributed by atoms with Gasteiger partial charge >= 0.3 is 0 Å². The Kier molecular flexibility index (Phi) is 5.08. The van der Waals surface area contributed by atoms with Crippen molar-refractivity contribution < 1.29 is 9.21 Å². The highest BCUT2D eigenvalue weighted by Gasteiger charge is 2.13. The van der Waals surface area contributed by atoms with E-state index in [2.05, 4.69) is 11.4 Å². The first-order chi connectivity index (χ1) is 12.3. The quantitative estimate of drug-likeness (QED) is 0.700. The molecule has 3 aromatic rings. The van der Waals surface area contributed by atoms with Crippen molar-refractivity contribution in [2.45, 2.75) is 6.42 Å². The fourth-order valence-corrected chi connectivity index (χ4v) is 2.41. The van der Waals surface area contributed by atoms with Crippen molar-refractivity contribution in [2.24, 2.45) is 0 Å². The molecule has 0 aliphatic heterocycles. The fourth-order valence-electron chi connectivity index (χ4n) is 2.41. The molecule has 1 N–H and O–H groups in total. The lowest BCUT2D eigenvalue weighted by Gasteiger charge is -2.09. The van der Waals surface area contributed by atoms with Gasteiger partial charge in [0.1, 0.15) is 5.76 Å². The number of hydrogen-bond acceptors (Lipinski definition) is 3. The van der Waals surface area contributed by atoms with Crippen LogP contribution in [0.3, 0.4) is 0 Å². The predicted octanol–water partition coefficient (Wildman–Crippen LogP) is 4.52. The van der Waals surface area contributed by atoms with Crippen LogP contribution in [0.1, 0.15) is 16.9 Å². The molecule has 0 unspecified atom stereocenters. The summed E-state index contributed by atoms with van der Waals surface area (Å²) in [6, 6.07) is 22.4. The average Bonchev–Trinajstić information content (AvgIpc) is 3.15. The molecule has 0 radical (unpaired) electrons. The van der Waals surface area contributed by atoms with Crippen LogP contribution in [-0.4, -0.2) is 5.91 Å². The zero-order valence-electron chi connectivity index (χ0n) is 13.5. The summed E-state index contributed by atoms with van der Waals surface area (Å²) in [6.07, 6.45) is 3.64. The second-order valence-corrected chi connectivity index (χ2v) is 5.43. The Labute approximate surface area is 146 Å². The highest BCUT2D eigenvalue weighted by atomic mass is 16.3. The molecular formula is C21H16N2O2. The second-order valence-electron chi connectivity index (χ2n) is 5.43. The van der Waals surface area contributed by atoms with Crippen LogP contribution >= 0.6 is 0 Å². The Hall–Kier alpha value is -3.58. The van der Waals surface area contributed by atoms with Crippen LogP contribution in [0.5, 0.6) is 0 Å². The maximum absolute atomic E-state index is 12.8. The Balaban J connectivity index is 1.86. The Morgan fingerprint density at radius 3 is 2.44 bits per heavy atom. The van der Waals surface area contributed by atoms with Gasteiger partial charge in [0.25, 0.3) is 5.91 Å². The summed E-state index contributed by atoms with van der Waals surface area (Å²) in [4.78, 5) is 12.8. The van der Waals surface area contributed by atoms with Gasteiger partial charge in [-0.1, -0.05) is 42.5 Å². The smallest absolute Gasteiger partial charge is 0.256 e. The summed E-state index contributed by atoms with van der Waals surface area (Å²) in [7, 11) is 0. The summed E-state index contributed by atoms with van der Waals surface area (Å²) in [5, 5.41) is 11.6. The number of amides is 1. The normalized spacial score (nSPS) is 10.9. The maximum atomic E-state index is 12.8. The van der Waals surface area contributed by atoms with E-state index in [0.29, 0.717) is 23.4 Å². The number of anilines is 1. The Bertz CT molecular complexity index is 903. The Morgan fingerprint density at radius 1 is 1.04 bits per heavy atom. The molecule has 0 saturated carbocycles. The zero-order valence-corrected chi connectivity index (χ0v) is 13.5. The van der Waals surface area contributed by atoms with Gasteiger partial charge in [-0.3, -0.25) is 4.79 Å². The summed E-state index contributed by atoms with van der Waals surface area (Å²) in [5.74, 6) is 0.383. The minimum atomic E-state index is -0.226. The molecule has 0 atom stereocenters. The molecule has 1 aromatic heterocycles. The molecule has 0 saturated heterocycles. The first-order valence-corrected chi connectivity index (χ1v) is 7.84. The molecule has 0 aliphatic carbocycles. The molecular weight excluding hydrogens is 312 g/mol. The SMILES string of the molecule is N#CCc1ccc(NC(=O)/C(=C/c2ccco2)c2ccccc2)cc1. The van der Waals surface area contributed by atoms with Crippen LogP contribution < -0.4 is 5.32 Å². The van der Waals surface area contributed by atoms with Crippen molar-refractivity contribution in [3.05, 3.63) is 89.9 Å². The van der Waals surface area contributed by atoms with E-state index in [-0.39, 0.29) is 5.91 Å². The van der Waals surface area contributed by atoms with E-state index in [4.69, 9.17) is 9.68 Å².